The first kappa shape index (κ1) is 19.2. The van der Waals surface area contributed by atoms with Gasteiger partial charge in [-0.1, -0.05) is 0 Å². The van der Waals surface area contributed by atoms with Crippen molar-refractivity contribution in [1.29, 1.82) is 0 Å². The van der Waals surface area contributed by atoms with Crippen LogP contribution >= 0.6 is 11.3 Å². The second-order valence-corrected chi connectivity index (χ2v) is 7.80. The molecule has 2 aromatic heterocycles. The van der Waals surface area contributed by atoms with E-state index in [1.165, 1.54) is 4.90 Å². The predicted octanol–water partition coefficient (Wildman–Crippen LogP) is 3.92. The maximum Gasteiger partial charge on any atom is 0.281 e. The monoisotopic (exact) mass is 424 g/mol. The zero-order chi connectivity index (χ0) is 20.3. The van der Waals surface area contributed by atoms with E-state index in [-0.39, 0.29) is 22.7 Å². The number of hydrogen-bond acceptors (Lipinski definition) is 7. The van der Waals surface area contributed by atoms with Gasteiger partial charge in [0.2, 0.25) is 11.9 Å². The number of halogens is 6. The second-order valence-electron chi connectivity index (χ2n) is 6.94. The van der Waals surface area contributed by atoms with Crippen LogP contribution in [0.1, 0.15) is 37.8 Å². The van der Waals surface area contributed by atoms with Crippen LogP contribution in [0.2, 0.25) is 0 Å². The van der Waals surface area contributed by atoms with Crippen LogP contribution in [0.5, 0.6) is 0 Å². The van der Waals surface area contributed by atoms with Crippen molar-refractivity contribution >= 4 is 23.2 Å². The molecule has 0 saturated heterocycles. The van der Waals surface area contributed by atoms with Gasteiger partial charge < -0.3 is 10.6 Å². The second kappa shape index (κ2) is 6.42. The lowest BCUT2D eigenvalue weighted by Gasteiger charge is -2.50. The molecule has 0 aliphatic heterocycles. The number of anilines is 2. The highest BCUT2D eigenvalue weighted by molar-refractivity contribution is 7.13. The predicted molar refractivity (Wildman–Crippen MR) is 88.7 cm³/mol. The standard InChI is InChI=1S/C15H14F6N6S/c16-9(17)8-5-28-11(23-8)10-24-12(22)26-13(25-10)27(6-1-14(18,19)2-6)7-3-15(20,21)4-7/h5-7,9H,1-4H2,(H2,22,24,25,26). The minimum absolute atomic E-state index is 0.0449. The Morgan fingerprint density at radius 2 is 1.54 bits per heavy atom. The van der Waals surface area contributed by atoms with Crippen LogP contribution in [0.15, 0.2) is 5.38 Å². The molecule has 13 heteroatoms. The Kier molecular flexibility index (Phi) is 4.39. The molecular weight excluding hydrogens is 410 g/mol. The Balaban J connectivity index is 1.67. The fourth-order valence-electron chi connectivity index (χ4n) is 3.36. The summed E-state index contributed by atoms with van der Waals surface area (Å²) in [7, 11) is 0. The van der Waals surface area contributed by atoms with Crippen molar-refractivity contribution in [2.75, 3.05) is 10.6 Å². The van der Waals surface area contributed by atoms with Crippen LogP contribution in [0.3, 0.4) is 0 Å². The average molecular weight is 424 g/mol. The van der Waals surface area contributed by atoms with Crippen molar-refractivity contribution in [3.05, 3.63) is 11.1 Å². The van der Waals surface area contributed by atoms with Gasteiger partial charge in [0.25, 0.3) is 18.3 Å². The first-order valence-corrected chi connectivity index (χ1v) is 9.20. The average Bonchev–Trinajstić information content (AvgIpc) is 3.01. The lowest BCUT2D eigenvalue weighted by atomic mass is 9.80. The number of nitrogens with two attached hydrogens (primary N) is 1. The third-order valence-corrected chi connectivity index (χ3v) is 5.59. The van der Waals surface area contributed by atoms with Gasteiger partial charge in [0.15, 0.2) is 10.8 Å². The highest BCUT2D eigenvalue weighted by Crippen LogP contribution is 2.48. The summed E-state index contributed by atoms with van der Waals surface area (Å²) in [4.78, 5) is 17.0. The SMILES string of the molecule is Nc1nc(-c2nc(C(F)F)cs2)nc(N(C2CC(F)(F)C2)C2CC(F)(F)C2)n1. The van der Waals surface area contributed by atoms with E-state index in [0.29, 0.717) is 0 Å². The molecule has 2 aromatic rings. The molecule has 0 bridgehead atoms. The van der Waals surface area contributed by atoms with Crippen LogP contribution in [-0.2, 0) is 0 Å². The van der Waals surface area contributed by atoms with Gasteiger partial charge in [-0.25, -0.2) is 31.3 Å². The van der Waals surface area contributed by atoms with E-state index in [1.807, 2.05) is 0 Å². The Bertz CT molecular complexity index is 850. The van der Waals surface area contributed by atoms with Crippen molar-refractivity contribution in [3.63, 3.8) is 0 Å². The Labute approximate surface area is 158 Å². The molecule has 0 spiro atoms. The summed E-state index contributed by atoms with van der Waals surface area (Å²) in [6.07, 6.45) is -4.83. The maximum atomic E-state index is 13.4. The van der Waals surface area contributed by atoms with E-state index >= 15 is 0 Å². The van der Waals surface area contributed by atoms with Gasteiger partial charge in [-0.2, -0.15) is 15.0 Å². The zero-order valence-electron chi connectivity index (χ0n) is 14.1. The molecule has 2 saturated carbocycles. The summed E-state index contributed by atoms with van der Waals surface area (Å²) in [6.45, 7) is 0. The molecule has 2 aliphatic carbocycles. The minimum Gasteiger partial charge on any atom is -0.368 e. The molecule has 4 rings (SSSR count). The van der Waals surface area contributed by atoms with Crippen LogP contribution in [0.4, 0.5) is 38.2 Å². The van der Waals surface area contributed by atoms with Gasteiger partial charge in [-0.3, -0.25) is 0 Å². The number of aromatic nitrogens is 4. The molecular formula is C15H14F6N6S. The third kappa shape index (κ3) is 3.59. The van der Waals surface area contributed by atoms with Crippen LogP contribution in [0.25, 0.3) is 10.8 Å². The van der Waals surface area contributed by atoms with Gasteiger partial charge in [-0.15, -0.1) is 11.3 Å². The van der Waals surface area contributed by atoms with Gasteiger partial charge >= 0.3 is 0 Å². The summed E-state index contributed by atoms with van der Waals surface area (Å²) < 4.78 is 79.0. The van der Waals surface area contributed by atoms with Crippen molar-refractivity contribution in [3.8, 4) is 10.8 Å². The lowest BCUT2D eigenvalue weighted by molar-refractivity contribution is -0.111. The first-order valence-electron chi connectivity index (χ1n) is 8.32. The molecule has 0 radical (unpaired) electrons. The number of rotatable bonds is 5. The molecule has 0 atom stereocenters. The van der Waals surface area contributed by atoms with Crippen molar-refractivity contribution in [1.82, 2.24) is 19.9 Å². The van der Waals surface area contributed by atoms with Gasteiger partial charge in [0.05, 0.1) is 0 Å². The van der Waals surface area contributed by atoms with Gasteiger partial charge in [0, 0.05) is 43.1 Å². The third-order valence-electron chi connectivity index (χ3n) is 4.73. The van der Waals surface area contributed by atoms with E-state index < -0.39 is 61.7 Å². The fraction of sp³-hybridized carbons (Fsp3) is 0.600. The van der Waals surface area contributed by atoms with E-state index in [0.717, 1.165) is 16.7 Å². The molecule has 2 N–H and O–H groups in total. The summed E-state index contributed by atoms with van der Waals surface area (Å²) in [5.41, 5.74) is 5.21. The number of alkyl halides is 6. The first-order chi connectivity index (χ1) is 13.0. The Morgan fingerprint density at radius 3 is 2.00 bits per heavy atom. The molecule has 2 fully saturated rings. The topological polar surface area (TPSA) is 80.8 Å². The quantitative estimate of drug-likeness (QED) is 0.733. The Morgan fingerprint density at radius 1 is 0.964 bits per heavy atom. The maximum absolute atomic E-state index is 13.4. The molecule has 6 nitrogen and oxygen atoms in total. The molecule has 0 amide bonds. The highest BCUT2D eigenvalue weighted by atomic mass is 32.1. The number of thiazole rings is 1. The smallest absolute Gasteiger partial charge is 0.281 e. The molecule has 152 valence electrons. The number of hydrogen-bond donors (Lipinski definition) is 1. The summed E-state index contributed by atoms with van der Waals surface area (Å²) in [6, 6.07) is -1.45. The zero-order valence-corrected chi connectivity index (χ0v) is 14.9. The van der Waals surface area contributed by atoms with Crippen LogP contribution in [-0.4, -0.2) is 43.9 Å². The van der Waals surface area contributed by atoms with E-state index in [9.17, 15) is 26.3 Å². The van der Waals surface area contributed by atoms with Crippen molar-refractivity contribution in [2.45, 2.75) is 56.0 Å². The van der Waals surface area contributed by atoms with Crippen molar-refractivity contribution in [2.24, 2.45) is 0 Å². The molecule has 2 heterocycles. The van der Waals surface area contributed by atoms with Crippen molar-refractivity contribution < 1.29 is 26.3 Å². The highest BCUT2D eigenvalue weighted by Gasteiger charge is 2.55. The molecule has 28 heavy (non-hydrogen) atoms. The van der Waals surface area contributed by atoms with Crippen LogP contribution in [0, 0.1) is 0 Å². The lowest BCUT2D eigenvalue weighted by Crippen LogP contribution is -2.60. The Hall–Kier alpha value is -2.18. The normalized spacial score (nSPS) is 21.4. The van der Waals surface area contributed by atoms with Gasteiger partial charge in [-0.05, 0) is 0 Å². The summed E-state index contributed by atoms with van der Waals surface area (Å²) in [5.74, 6) is -6.27. The van der Waals surface area contributed by atoms with Crippen LogP contribution < -0.4 is 10.6 Å². The number of nitrogen functional groups attached to an aromatic ring is 1. The van der Waals surface area contributed by atoms with Gasteiger partial charge in [0.1, 0.15) is 5.69 Å². The fourth-order valence-corrected chi connectivity index (χ4v) is 4.10. The number of nitrogens with zero attached hydrogens (tertiary/aromatic N) is 5. The molecule has 2 aliphatic rings. The summed E-state index contributed by atoms with van der Waals surface area (Å²) in [5, 5.41) is 1.18. The van der Waals surface area contributed by atoms with E-state index in [1.54, 1.807) is 0 Å². The van der Waals surface area contributed by atoms with E-state index in [2.05, 4.69) is 19.9 Å². The molecule has 0 aromatic carbocycles. The minimum atomic E-state index is -2.88. The largest absolute Gasteiger partial charge is 0.368 e. The van der Waals surface area contributed by atoms with E-state index in [4.69, 9.17) is 5.73 Å². The summed E-state index contributed by atoms with van der Waals surface area (Å²) >= 11 is 0.858. The molecule has 0 unspecified atom stereocenters.